The molecule has 0 bridgehead atoms. The van der Waals surface area contributed by atoms with Gasteiger partial charge in [0.15, 0.2) is 0 Å². The predicted octanol–water partition coefficient (Wildman–Crippen LogP) is -0.0788. The maximum atomic E-state index is 3.26. The first-order valence-corrected chi connectivity index (χ1v) is 4.42. The smallest absolute Gasteiger partial charge is 0.122 e. The molecule has 0 radical (unpaired) electrons. The number of benzene rings is 1. The fraction of sp³-hybridized carbons (Fsp3) is 0.0909. The van der Waals surface area contributed by atoms with E-state index in [-0.39, 0.29) is 0 Å². The van der Waals surface area contributed by atoms with Crippen molar-refractivity contribution >= 4 is 12.3 Å². The number of hydrogen-bond donors (Lipinski definition) is 1. The quantitative estimate of drug-likeness (QED) is 0.586. The Morgan fingerprint density at radius 1 is 1.15 bits per heavy atom. The maximum Gasteiger partial charge on any atom is 0.122 e. The lowest BCUT2D eigenvalue weighted by molar-refractivity contribution is 0.480. The number of rotatable bonds is 0. The third kappa shape index (κ3) is 0.952. The molecule has 1 unspecified atom stereocenters. The molecule has 2 nitrogen and oxygen atoms in total. The van der Waals surface area contributed by atoms with E-state index in [1.54, 1.807) is 0 Å². The molecule has 1 aromatic rings. The zero-order valence-electron chi connectivity index (χ0n) is 7.14. The van der Waals surface area contributed by atoms with E-state index >= 15 is 0 Å². The lowest BCUT2D eigenvalue weighted by Crippen LogP contribution is -2.41. The Morgan fingerprint density at radius 2 is 2.00 bits per heavy atom. The van der Waals surface area contributed by atoms with Crippen LogP contribution in [-0.4, -0.2) is 11.1 Å². The Bertz CT molecular complexity index is 473. The minimum atomic E-state index is 0.315. The van der Waals surface area contributed by atoms with Gasteiger partial charge in [-0.2, -0.15) is 0 Å². The molecule has 1 N–H and O–H groups in total. The Kier molecular flexibility index (Phi) is 1.25. The van der Waals surface area contributed by atoms with Crippen LogP contribution in [0.3, 0.4) is 0 Å². The standard InChI is InChI=1S/C11H10N2/c1-2-4-10-8-13-6-5-12-11(13)7-9(10)3-1/h1-8,11-12H. The summed E-state index contributed by atoms with van der Waals surface area (Å²) in [6.45, 7) is 0. The first-order chi connectivity index (χ1) is 6.43. The average Bonchev–Trinajstić information content (AvgIpc) is 2.61. The summed E-state index contributed by atoms with van der Waals surface area (Å²) in [5.41, 5.74) is 0. The highest BCUT2D eigenvalue weighted by molar-refractivity contribution is 5.44. The van der Waals surface area contributed by atoms with Gasteiger partial charge in [0.1, 0.15) is 6.17 Å². The van der Waals surface area contributed by atoms with Crippen LogP contribution >= 0.6 is 0 Å². The van der Waals surface area contributed by atoms with Crippen LogP contribution in [-0.2, 0) is 0 Å². The van der Waals surface area contributed by atoms with Crippen LogP contribution in [0.15, 0.2) is 36.7 Å². The van der Waals surface area contributed by atoms with Crippen LogP contribution in [0.2, 0.25) is 0 Å². The second-order valence-electron chi connectivity index (χ2n) is 3.30. The van der Waals surface area contributed by atoms with E-state index in [1.807, 2.05) is 6.20 Å². The summed E-state index contributed by atoms with van der Waals surface area (Å²) in [5, 5.41) is 5.85. The minimum absolute atomic E-state index is 0.315. The molecule has 1 aromatic carbocycles. The highest BCUT2D eigenvalue weighted by Crippen LogP contribution is 2.07. The number of nitrogens with one attached hydrogen (secondary N) is 1. The number of fused-ring (bicyclic) bond motifs is 2. The van der Waals surface area contributed by atoms with E-state index in [9.17, 15) is 0 Å². The van der Waals surface area contributed by atoms with Crippen LogP contribution in [0.5, 0.6) is 0 Å². The van der Waals surface area contributed by atoms with Crippen LogP contribution in [0.4, 0.5) is 0 Å². The van der Waals surface area contributed by atoms with E-state index in [4.69, 9.17) is 0 Å². The van der Waals surface area contributed by atoms with Crippen molar-refractivity contribution in [1.29, 1.82) is 0 Å². The Hall–Kier alpha value is -1.70. The van der Waals surface area contributed by atoms with Crippen molar-refractivity contribution in [2.24, 2.45) is 0 Å². The summed E-state index contributed by atoms with van der Waals surface area (Å²) in [7, 11) is 0. The third-order valence-electron chi connectivity index (χ3n) is 2.46. The molecule has 0 aromatic heterocycles. The average molecular weight is 170 g/mol. The molecule has 2 heteroatoms. The summed E-state index contributed by atoms with van der Waals surface area (Å²) < 4.78 is 0. The zero-order chi connectivity index (χ0) is 8.67. The topological polar surface area (TPSA) is 15.3 Å². The number of nitrogens with zero attached hydrogens (tertiary/aromatic N) is 1. The van der Waals surface area contributed by atoms with Gasteiger partial charge in [-0.25, -0.2) is 0 Å². The molecule has 0 amide bonds. The normalized spacial score (nSPS) is 22.5. The van der Waals surface area contributed by atoms with Crippen molar-refractivity contribution in [1.82, 2.24) is 10.2 Å². The molecule has 3 rings (SSSR count). The van der Waals surface area contributed by atoms with Crippen molar-refractivity contribution < 1.29 is 0 Å². The fourth-order valence-corrected chi connectivity index (χ4v) is 1.77. The highest BCUT2D eigenvalue weighted by Gasteiger charge is 2.15. The largest absolute Gasteiger partial charge is 0.366 e. The Morgan fingerprint density at radius 3 is 2.92 bits per heavy atom. The van der Waals surface area contributed by atoms with E-state index in [2.05, 4.69) is 53.0 Å². The first-order valence-electron chi connectivity index (χ1n) is 4.42. The molecule has 13 heavy (non-hydrogen) atoms. The maximum absolute atomic E-state index is 3.26. The molecular weight excluding hydrogens is 160 g/mol. The van der Waals surface area contributed by atoms with Gasteiger partial charge >= 0.3 is 0 Å². The van der Waals surface area contributed by atoms with Crippen molar-refractivity contribution in [3.8, 4) is 0 Å². The van der Waals surface area contributed by atoms with Gasteiger partial charge < -0.3 is 10.2 Å². The lowest BCUT2D eigenvalue weighted by atomic mass is 10.2. The van der Waals surface area contributed by atoms with E-state index < -0.39 is 0 Å². The minimum Gasteiger partial charge on any atom is -0.366 e. The van der Waals surface area contributed by atoms with Crippen molar-refractivity contribution in [2.75, 3.05) is 0 Å². The summed E-state index contributed by atoms with van der Waals surface area (Å²) in [4.78, 5) is 2.17. The van der Waals surface area contributed by atoms with Crippen LogP contribution in [0, 0.1) is 0 Å². The molecule has 0 saturated carbocycles. The van der Waals surface area contributed by atoms with E-state index in [0.29, 0.717) is 6.17 Å². The molecule has 2 aliphatic heterocycles. The fourth-order valence-electron chi connectivity index (χ4n) is 1.77. The van der Waals surface area contributed by atoms with Gasteiger partial charge in [0.2, 0.25) is 0 Å². The summed E-state index contributed by atoms with van der Waals surface area (Å²) in [6, 6.07) is 8.41. The Balaban J connectivity index is 2.28. The lowest BCUT2D eigenvalue weighted by Gasteiger charge is -2.21. The third-order valence-corrected chi connectivity index (χ3v) is 2.46. The van der Waals surface area contributed by atoms with Crippen molar-refractivity contribution in [3.05, 3.63) is 47.1 Å². The first kappa shape index (κ1) is 6.78. The number of hydrogen-bond acceptors (Lipinski definition) is 2. The summed E-state index contributed by atoms with van der Waals surface area (Å²) >= 11 is 0. The molecule has 2 aliphatic rings. The van der Waals surface area contributed by atoms with Gasteiger partial charge in [0.25, 0.3) is 0 Å². The molecule has 0 spiro atoms. The van der Waals surface area contributed by atoms with Gasteiger partial charge in [-0.1, -0.05) is 24.3 Å². The predicted molar refractivity (Wildman–Crippen MR) is 52.5 cm³/mol. The summed E-state index contributed by atoms with van der Waals surface area (Å²) in [5.74, 6) is 0. The second-order valence-corrected chi connectivity index (χ2v) is 3.30. The van der Waals surface area contributed by atoms with Gasteiger partial charge in [-0.05, 0) is 16.5 Å². The van der Waals surface area contributed by atoms with E-state index in [0.717, 1.165) is 0 Å². The van der Waals surface area contributed by atoms with Gasteiger partial charge in [-0.3, -0.25) is 0 Å². The van der Waals surface area contributed by atoms with Gasteiger partial charge in [0.05, 0.1) is 0 Å². The molecule has 0 fully saturated rings. The highest BCUT2D eigenvalue weighted by atomic mass is 15.3. The molecule has 0 saturated heterocycles. The van der Waals surface area contributed by atoms with Crippen molar-refractivity contribution in [3.63, 3.8) is 0 Å². The Labute approximate surface area is 76.5 Å². The van der Waals surface area contributed by atoms with E-state index in [1.165, 1.54) is 10.4 Å². The molecule has 64 valence electrons. The van der Waals surface area contributed by atoms with Crippen molar-refractivity contribution in [2.45, 2.75) is 6.17 Å². The van der Waals surface area contributed by atoms with Crippen LogP contribution in [0.25, 0.3) is 12.3 Å². The van der Waals surface area contributed by atoms with Crippen LogP contribution < -0.4 is 15.8 Å². The second kappa shape index (κ2) is 2.39. The summed E-state index contributed by atoms with van der Waals surface area (Å²) in [6.07, 6.45) is 8.74. The van der Waals surface area contributed by atoms with Crippen LogP contribution in [0.1, 0.15) is 0 Å². The van der Waals surface area contributed by atoms with Gasteiger partial charge in [-0.15, -0.1) is 0 Å². The molecule has 0 aliphatic carbocycles. The molecule has 2 heterocycles. The van der Waals surface area contributed by atoms with Gasteiger partial charge in [0, 0.05) is 18.6 Å². The monoisotopic (exact) mass is 170 g/mol. The molecule has 1 atom stereocenters. The molecular formula is C11H10N2. The zero-order valence-corrected chi connectivity index (χ0v) is 7.14. The SMILES string of the molecule is C1=CN2C=c3ccccc3=CC2N1.